The zero-order chi connectivity index (χ0) is 20.1. The monoisotopic (exact) mass is 404 g/mol. The fraction of sp³-hybridized carbons (Fsp3) is 0.100. The van der Waals surface area contributed by atoms with Gasteiger partial charge >= 0.3 is 6.18 Å². The van der Waals surface area contributed by atoms with Crippen molar-refractivity contribution in [1.82, 2.24) is 5.32 Å². The third-order valence-corrected chi connectivity index (χ3v) is 4.73. The van der Waals surface area contributed by atoms with E-state index >= 15 is 0 Å². The van der Waals surface area contributed by atoms with E-state index in [1.54, 1.807) is 35.7 Å². The van der Waals surface area contributed by atoms with E-state index < -0.39 is 17.6 Å². The summed E-state index contributed by atoms with van der Waals surface area (Å²) in [6, 6.07) is 14.5. The van der Waals surface area contributed by atoms with Gasteiger partial charge in [0.2, 0.25) is 0 Å². The first-order valence-corrected chi connectivity index (χ1v) is 9.10. The number of alkyl halides is 3. The molecule has 8 heteroatoms. The molecule has 0 aliphatic heterocycles. The van der Waals surface area contributed by atoms with E-state index in [4.69, 9.17) is 0 Å². The molecule has 0 radical (unpaired) electrons. The van der Waals surface area contributed by atoms with Gasteiger partial charge in [-0.3, -0.25) is 9.59 Å². The summed E-state index contributed by atoms with van der Waals surface area (Å²) in [6.45, 7) is 0.0861. The van der Waals surface area contributed by atoms with Gasteiger partial charge in [-0.1, -0.05) is 24.3 Å². The summed E-state index contributed by atoms with van der Waals surface area (Å²) in [6.07, 6.45) is -4.39. The standard InChI is InChI=1S/C20H15F3N2O2S/c21-20(22,23)15-8-6-13(7-9-15)12-24-18(26)14-3-1-4-16(11-14)25-19(27)17-5-2-10-28-17/h1-11H,12H2,(H,24,26)(H,25,27). The molecule has 0 saturated carbocycles. The Balaban J connectivity index is 1.61. The van der Waals surface area contributed by atoms with Crippen LogP contribution in [0, 0.1) is 0 Å². The molecule has 1 aromatic heterocycles. The van der Waals surface area contributed by atoms with Gasteiger partial charge in [-0.2, -0.15) is 13.2 Å². The number of nitrogens with one attached hydrogen (secondary N) is 2. The average Bonchev–Trinajstić information content (AvgIpc) is 3.21. The van der Waals surface area contributed by atoms with Gasteiger partial charge in [0.25, 0.3) is 11.8 Å². The number of anilines is 1. The molecule has 144 valence electrons. The minimum atomic E-state index is -4.39. The SMILES string of the molecule is O=C(NCc1ccc(C(F)(F)F)cc1)c1cccc(NC(=O)c2cccs2)c1. The second kappa shape index (κ2) is 8.26. The summed E-state index contributed by atoms with van der Waals surface area (Å²) in [5, 5.41) is 7.16. The Kier molecular flexibility index (Phi) is 5.79. The van der Waals surface area contributed by atoms with Gasteiger partial charge in [0.1, 0.15) is 0 Å². The van der Waals surface area contributed by atoms with Crippen molar-refractivity contribution in [3.8, 4) is 0 Å². The first-order chi connectivity index (χ1) is 13.3. The Morgan fingerprint density at radius 2 is 1.68 bits per heavy atom. The zero-order valence-electron chi connectivity index (χ0n) is 14.4. The predicted octanol–water partition coefficient (Wildman–Crippen LogP) is 4.95. The number of hydrogen-bond donors (Lipinski definition) is 2. The lowest BCUT2D eigenvalue weighted by Crippen LogP contribution is -2.23. The quantitative estimate of drug-likeness (QED) is 0.632. The molecule has 3 aromatic rings. The van der Waals surface area contributed by atoms with Crippen LogP contribution in [-0.2, 0) is 12.7 Å². The van der Waals surface area contributed by atoms with Crippen LogP contribution in [0.15, 0.2) is 66.0 Å². The highest BCUT2D eigenvalue weighted by Crippen LogP contribution is 2.29. The first kappa shape index (κ1) is 19.6. The molecule has 0 spiro atoms. The largest absolute Gasteiger partial charge is 0.416 e. The molecule has 0 bridgehead atoms. The van der Waals surface area contributed by atoms with Gasteiger partial charge in [-0.05, 0) is 47.3 Å². The number of amides is 2. The Labute approximate surface area is 163 Å². The summed E-state index contributed by atoms with van der Waals surface area (Å²) < 4.78 is 37.7. The molecule has 2 amide bonds. The normalized spacial score (nSPS) is 11.1. The van der Waals surface area contributed by atoms with Gasteiger partial charge in [-0.25, -0.2) is 0 Å². The molecular formula is C20H15F3N2O2S. The van der Waals surface area contributed by atoms with Gasteiger partial charge < -0.3 is 10.6 Å². The maximum Gasteiger partial charge on any atom is 0.416 e. The van der Waals surface area contributed by atoms with Crippen molar-refractivity contribution in [3.63, 3.8) is 0 Å². The fourth-order valence-electron chi connectivity index (χ4n) is 2.43. The summed E-state index contributed by atoms with van der Waals surface area (Å²) in [4.78, 5) is 24.9. The molecule has 0 aliphatic carbocycles. The number of hydrogen-bond acceptors (Lipinski definition) is 3. The van der Waals surface area contributed by atoms with E-state index in [1.807, 2.05) is 0 Å². The van der Waals surface area contributed by atoms with Crippen LogP contribution in [0.1, 0.15) is 31.2 Å². The topological polar surface area (TPSA) is 58.2 Å². The third kappa shape index (κ3) is 4.98. The van der Waals surface area contributed by atoms with Crippen LogP contribution in [0.4, 0.5) is 18.9 Å². The van der Waals surface area contributed by atoms with Gasteiger partial charge in [0.15, 0.2) is 0 Å². The molecule has 28 heavy (non-hydrogen) atoms. The van der Waals surface area contributed by atoms with Crippen LogP contribution in [-0.4, -0.2) is 11.8 Å². The predicted molar refractivity (Wildman–Crippen MR) is 101 cm³/mol. The molecule has 2 N–H and O–H groups in total. The third-order valence-electron chi connectivity index (χ3n) is 3.86. The number of rotatable bonds is 5. The maximum atomic E-state index is 12.6. The molecular weight excluding hydrogens is 389 g/mol. The number of carbonyl (C=O) groups excluding carboxylic acids is 2. The number of benzene rings is 2. The lowest BCUT2D eigenvalue weighted by atomic mass is 10.1. The van der Waals surface area contributed by atoms with Crippen molar-refractivity contribution in [2.45, 2.75) is 12.7 Å². The van der Waals surface area contributed by atoms with E-state index in [1.165, 1.54) is 29.5 Å². The molecule has 0 aliphatic rings. The van der Waals surface area contributed by atoms with E-state index in [-0.39, 0.29) is 12.5 Å². The molecule has 0 fully saturated rings. The summed E-state index contributed by atoms with van der Waals surface area (Å²) in [7, 11) is 0. The van der Waals surface area contributed by atoms with E-state index in [9.17, 15) is 22.8 Å². The Morgan fingerprint density at radius 3 is 2.32 bits per heavy atom. The zero-order valence-corrected chi connectivity index (χ0v) is 15.2. The number of carbonyl (C=O) groups is 2. The Hall–Kier alpha value is -3.13. The molecule has 1 heterocycles. The van der Waals surface area contributed by atoms with E-state index in [2.05, 4.69) is 10.6 Å². The van der Waals surface area contributed by atoms with E-state index in [0.29, 0.717) is 21.7 Å². The van der Waals surface area contributed by atoms with Crippen molar-refractivity contribution in [2.24, 2.45) is 0 Å². The average molecular weight is 404 g/mol. The molecule has 0 saturated heterocycles. The van der Waals surface area contributed by atoms with Crippen LogP contribution in [0.2, 0.25) is 0 Å². The van der Waals surface area contributed by atoms with Crippen molar-refractivity contribution >= 4 is 28.8 Å². The summed E-state index contributed by atoms with van der Waals surface area (Å²) >= 11 is 1.31. The smallest absolute Gasteiger partial charge is 0.348 e. The van der Waals surface area contributed by atoms with Crippen molar-refractivity contribution in [2.75, 3.05) is 5.32 Å². The summed E-state index contributed by atoms with van der Waals surface area (Å²) in [5.41, 5.74) is 0.608. The Morgan fingerprint density at radius 1 is 0.929 bits per heavy atom. The fourth-order valence-corrected chi connectivity index (χ4v) is 3.05. The van der Waals surface area contributed by atoms with Crippen molar-refractivity contribution in [1.29, 1.82) is 0 Å². The molecule has 3 rings (SSSR count). The minimum absolute atomic E-state index is 0.0861. The molecule has 0 unspecified atom stereocenters. The first-order valence-electron chi connectivity index (χ1n) is 8.22. The lowest BCUT2D eigenvalue weighted by Gasteiger charge is -2.10. The lowest BCUT2D eigenvalue weighted by molar-refractivity contribution is -0.137. The number of halogens is 3. The minimum Gasteiger partial charge on any atom is -0.348 e. The molecule has 4 nitrogen and oxygen atoms in total. The highest BCUT2D eigenvalue weighted by Gasteiger charge is 2.29. The van der Waals surface area contributed by atoms with Crippen LogP contribution >= 0.6 is 11.3 Å². The second-order valence-corrected chi connectivity index (χ2v) is 6.84. The van der Waals surface area contributed by atoms with E-state index in [0.717, 1.165) is 12.1 Å². The highest BCUT2D eigenvalue weighted by atomic mass is 32.1. The molecule has 0 atom stereocenters. The van der Waals surface area contributed by atoms with Crippen molar-refractivity contribution < 1.29 is 22.8 Å². The second-order valence-electron chi connectivity index (χ2n) is 5.89. The van der Waals surface area contributed by atoms with Crippen molar-refractivity contribution in [3.05, 3.63) is 87.6 Å². The van der Waals surface area contributed by atoms with Gasteiger partial charge in [0, 0.05) is 17.8 Å². The molecule has 2 aromatic carbocycles. The van der Waals surface area contributed by atoms with Gasteiger partial charge in [0.05, 0.1) is 10.4 Å². The van der Waals surface area contributed by atoms with Crippen LogP contribution in [0.3, 0.4) is 0 Å². The van der Waals surface area contributed by atoms with Gasteiger partial charge in [-0.15, -0.1) is 11.3 Å². The highest BCUT2D eigenvalue weighted by molar-refractivity contribution is 7.12. The Bertz CT molecular complexity index is 968. The summed E-state index contributed by atoms with van der Waals surface area (Å²) in [5.74, 6) is -0.663. The van der Waals surface area contributed by atoms with Crippen LogP contribution in [0.25, 0.3) is 0 Å². The van der Waals surface area contributed by atoms with Crippen LogP contribution < -0.4 is 10.6 Å². The number of thiophene rings is 1. The van der Waals surface area contributed by atoms with Crippen LogP contribution in [0.5, 0.6) is 0 Å². The maximum absolute atomic E-state index is 12.6.